The number of carbonyl (C=O) groups excluding carboxylic acids is 1. The Hall–Kier alpha value is -1.39. The fourth-order valence-corrected chi connectivity index (χ4v) is 2.49. The number of nitrogens with zero attached hydrogens (tertiary/aromatic N) is 1. The van der Waals surface area contributed by atoms with E-state index in [9.17, 15) is 4.79 Å². The molecule has 0 bridgehead atoms. The van der Waals surface area contributed by atoms with Crippen LogP contribution in [0.3, 0.4) is 0 Å². The third-order valence-electron chi connectivity index (χ3n) is 3.86. The Morgan fingerprint density at radius 3 is 2.74 bits per heavy atom. The predicted molar refractivity (Wildman–Crippen MR) is 76.3 cm³/mol. The molecule has 2 rings (SSSR count). The summed E-state index contributed by atoms with van der Waals surface area (Å²) in [5.74, 6) is 0.135. The number of likely N-dealkylation sites (N-methyl/N-ethyl adjacent to an activating group) is 1. The topological polar surface area (TPSA) is 52.6 Å². The molecule has 2 N–H and O–H groups in total. The number of fused-ring (bicyclic) bond motifs is 1. The van der Waals surface area contributed by atoms with E-state index in [1.165, 1.54) is 0 Å². The van der Waals surface area contributed by atoms with E-state index >= 15 is 0 Å². The van der Waals surface area contributed by atoms with Gasteiger partial charge in [-0.1, -0.05) is 12.1 Å². The maximum Gasteiger partial charge on any atom is 0.236 e. The molecule has 0 aliphatic carbocycles. The summed E-state index contributed by atoms with van der Waals surface area (Å²) in [6, 6.07) is 6.20. The van der Waals surface area contributed by atoms with Crippen LogP contribution in [-0.4, -0.2) is 30.7 Å². The maximum absolute atomic E-state index is 12.2. The van der Waals surface area contributed by atoms with Gasteiger partial charge in [-0.25, -0.2) is 0 Å². The minimum Gasteiger partial charge on any atom is -0.395 e. The maximum atomic E-state index is 12.2. The summed E-state index contributed by atoms with van der Waals surface area (Å²) >= 11 is 0. The van der Waals surface area contributed by atoms with Crippen LogP contribution in [0.2, 0.25) is 0 Å². The van der Waals surface area contributed by atoms with Gasteiger partial charge in [-0.3, -0.25) is 4.79 Å². The molecular formula is C15H22N2O2. The van der Waals surface area contributed by atoms with Crippen LogP contribution in [0.4, 0.5) is 5.69 Å². The summed E-state index contributed by atoms with van der Waals surface area (Å²) in [4.78, 5) is 13.9. The Morgan fingerprint density at radius 2 is 2.11 bits per heavy atom. The molecule has 0 aromatic heterocycles. The summed E-state index contributed by atoms with van der Waals surface area (Å²) in [5.41, 5.74) is 2.75. The van der Waals surface area contributed by atoms with Crippen LogP contribution in [0, 0.1) is 0 Å². The Morgan fingerprint density at radius 1 is 1.42 bits per heavy atom. The zero-order valence-corrected chi connectivity index (χ0v) is 12.0. The number of rotatable bonds is 4. The highest BCUT2D eigenvalue weighted by Gasteiger charge is 2.42. The molecule has 104 valence electrons. The molecule has 1 amide bonds. The lowest BCUT2D eigenvalue weighted by molar-refractivity contribution is -0.121. The van der Waals surface area contributed by atoms with Gasteiger partial charge in [0.15, 0.2) is 0 Å². The molecule has 1 unspecified atom stereocenters. The van der Waals surface area contributed by atoms with Crippen molar-refractivity contribution in [3.05, 3.63) is 29.3 Å². The Balaban J connectivity index is 2.25. The Kier molecular flexibility index (Phi) is 3.65. The summed E-state index contributed by atoms with van der Waals surface area (Å²) in [6.45, 7) is 6.69. The number of hydrogen-bond donors (Lipinski definition) is 2. The van der Waals surface area contributed by atoms with Gasteiger partial charge < -0.3 is 15.3 Å². The fraction of sp³-hybridized carbons (Fsp3) is 0.533. The standard InChI is InChI=1S/C15H22N2O2/c1-10(9-18)16-8-11-5-6-13-12(7-11)15(2,3)14(19)17(13)4/h5-7,10,16,18H,8-9H2,1-4H3. The first-order valence-electron chi connectivity index (χ1n) is 6.63. The molecule has 1 aromatic carbocycles. The van der Waals surface area contributed by atoms with Crippen molar-refractivity contribution in [2.45, 2.75) is 38.8 Å². The highest BCUT2D eigenvalue weighted by Crippen LogP contribution is 2.40. The van der Waals surface area contributed by atoms with E-state index in [0.717, 1.165) is 16.8 Å². The molecule has 0 spiro atoms. The van der Waals surface area contributed by atoms with Gasteiger partial charge in [0, 0.05) is 25.3 Å². The number of amides is 1. The lowest BCUT2D eigenvalue weighted by atomic mass is 9.85. The van der Waals surface area contributed by atoms with Gasteiger partial charge in [-0.15, -0.1) is 0 Å². The third-order valence-corrected chi connectivity index (χ3v) is 3.86. The predicted octanol–water partition coefficient (Wildman–Crippen LogP) is 1.41. The molecule has 1 heterocycles. The van der Waals surface area contributed by atoms with Crippen LogP contribution in [-0.2, 0) is 16.8 Å². The Labute approximate surface area is 114 Å². The zero-order chi connectivity index (χ0) is 14.2. The number of anilines is 1. The molecule has 1 aliphatic heterocycles. The highest BCUT2D eigenvalue weighted by atomic mass is 16.3. The Bertz CT molecular complexity index is 497. The van der Waals surface area contributed by atoms with Crippen LogP contribution < -0.4 is 10.2 Å². The van der Waals surface area contributed by atoms with Crippen molar-refractivity contribution in [3.8, 4) is 0 Å². The minimum atomic E-state index is -0.456. The number of hydrogen-bond acceptors (Lipinski definition) is 3. The first-order valence-corrected chi connectivity index (χ1v) is 6.63. The van der Waals surface area contributed by atoms with Crippen molar-refractivity contribution >= 4 is 11.6 Å². The van der Waals surface area contributed by atoms with Crippen LogP contribution in [0.25, 0.3) is 0 Å². The van der Waals surface area contributed by atoms with Gasteiger partial charge in [0.05, 0.1) is 12.0 Å². The quantitative estimate of drug-likeness (QED) is 0.862. The van der Waals surface area contributed by atoms with E-state index in [-0.39, 0.29) is 18.6 Å². The summed E-state index contributed by atoms with van der Waals surface area (Å²) in [7, 11) is 1.82. The van der Waals surface area contributed by atoms with Gasteiger partial charge in [0.2, 0.25) is 5.91 Å². The van der Waals surface area contributed by atoms with E-state index in [2.05, 4.69) is 11.4 Å². The monoisotopic (exact) mass is 262 g/mol. The second-order valence-electron chi connectivity index (χ2n) is 5.81. The summed E-state index contributed by atoms with van der Waals surface area (Å²) < 4.78 is 0. The van der Waals surface area contributed by atoms with Crippen molar-refractivity contribution in [1.29, 1.82) is 0 Å². The minimum absolute atomic E-state index is 0.0746. The molecule has 0 saturated carbocycles. The number of nitrogens with one attached hydrogen (secondary N) is 1. The molecule has 0 radical (unpaired) electrons. The molecular weight excluding hydrogens is 240 g/mol. The van der Waals surface area contributed by atoms with E-state index in [1.54, 1.807) is 4.90 Å². The van der Waals surface area contributed by atoms with Gasteiger partial charge in [0.1, 0.15) is 0 Å². The van der Waals surface area contributed by atoms with Gasteiger partial charge in [0.25, 0.3) is 0 Å². The first kappa shape index (κ1) is 14.0. The van der Waals surface area contributed by atoms with Gasteiger partial charge in [-0.05, 0) is 38.0 Å². The van der Waals surface area contributed by atoms with E-state index in [1.807, 2.05) is 40.0 Å². The lowest BCUT2D eigenvalue weighted by Crippen LogP contribution is -2.33. The number of aliphatic hydroxyl groups excluding tert-OH is 1. The van der Waals surface area contributed by atoms with Crippen LogP contribution in [0.15, 0.2) is 18.2 Å². The number of carbonyl (C=O) groups is 1. The molecule has 1 atom stereocenters. The second-order valence-corrected chi connectivity index (χ2v) is 5.81. The molecule has 4 nitrogen and oxygen atoms in total. The van der Waals surface area contributed by atoms with Gasteiger partial charge >= 0.3 is 0 Å². The fourth-order valence-electron chi connectivity index (χ4n) is 2.49. The van der Waals surface area contributed by atoms with E-state index in [4.69, 9.17) is 5.11 Å². The second kappa shape index (κ2) is 4.94. The zero-order valence-electron chi connectivity index (χ0n) is 12.0. The van der Waals surface area contributed by atoms with Crippen molar-refractivity contribution in [1.82, 2.24) is 5.32 Å². The van der Waals surface area contributed by atoms with E-state index in [0.29, 0.717) is 6.54 Å². The van der Waals surface area contributed by atoms with E-state index < -0.39 is 5.41 Å². The number of benzene rings is 1. The third kappa shape index (κ3) is 2.38. The van der Waals surface area contributed by atoms with Crippen molar-refractivity contribution in [3.63, 3.8) is 0 Å². The molecule has 1 aliphatic rings. The molecule has 1 aromatic rings. The SMILES string of the molecule is CC(CO)NCc1ccc2c(c1)C(C)(C)C(=O)N2C. The largest absolute Gasteiger partial charge is 0.395 e. The van der Waals surface area contributed by atoms with Gasteiger partial charge in [-0.2, -0.15) is 0 Å². The lowest BCUT2D eigenvalue weighted by Gasteiger charge is -2.17. The van der Waals surface area contributed by atoms with Crippen molar-refractivity contribution in [2.24, 2.45) is 0 Å². The smallest absolute Gasteiger partial charge is 0.236 e. The first-order chi connectivity index (χ1) is 8.87. The van der Waals surface area contributed by atoms with Crippen LogP contribution in [0.1, 0.15) is 31.9 Å². The molecule has 0 saturated heterocycles. The summed E-state index contributed by atoms with van der Waals surface area (Å²) in [6.07, 6.45) is 0. The normalized spacial score (nSPS) is 18.6. The summed E-state index contributed by atoms with van der Waals surface area (Å²) in [5, 5.41) is 12.2. The van der Waals surface area contributed by atoms with Crippen LogP contribution >= 0.6 is 0 Å². The average Bonchev–Trinajstić information content (AvgIpc) is 2.57. The molecule has 0 fully saturated rings. The highest BCUT2D eigenvalue weighted by molar-refractivity contribution is 6.07. The van der Waals surface area contributed by atoms with Crippen molar-refractivity contribution < 1.29 is 9.90 Å². The molecule has 19 heavy (non-hydrogen) atoms. The number of aliphatic hydroxyl groups is 1. The average molecular weight is 262 g/mol. The molecule has 4 heteroatoms. The van der Waals surface area contributed by atoms with Crippen LogP contribution in [0.5, 0.6) is 0 Å². The van der Waals surface area contributed by atoms with Crippen molar-refractivity contribution in [2.75, 3.05) is 18.6 Å².